The van der Waals surface area contributed by atoms with Crippen molar-refractivity contribution < 1.29 is 0 Å². The summed E-state index contributed by atoms with van der Waals surface area (Å²) in [6.45, 7) is 2.94. The zero-order valence-corrected chi connectivity index (χ0v) is 8.72. The predicted molar refractivity (Wildman–Crippen MR) is 57.1 cm³/mol. The van der Waals surface area contributed by atoms with Crippen LogP contribution < -0.4 is 5.73 Å². The molecule has 0 aromatic carbocycles. The molecule has 0 aliphatic heterocycles. The summed E-state index contributed by atoms with van der Waals surface area (Å²) in [5.74, 6) is 0.819. The minimum absolute atomic E-state index is 0.0884. The average Bonchev–Trinajstić information content (AvgIpc) is 2.87. The maximum Gasteiger partial charge on any atom is 0.123 e. The Morgan fingerprint density at radius 1 is 1.60 bits per heavy atom. The van der Waals surface area contributed by atoms with Gasteiger partial charge in [0.25, 0.3) is 0 Å². The van der Waals surface area contributed by atoms with Crippen LogP contribution >= 0.6 is 0 Å². The largest absolute Gasteiger partial charge is 0.347 e. The molecule has 2 aromatic rings. The summed E-state index contributed by atoms with van der Waals surface area (Å²) in [7, 11) is 0. The van der Waals surface area contributed by atoms with Gasteiger partial charge in [-0.1, -0.05) is 0 Å². The van der Waals surface area contributed by atoms with Crippen molar-refractivity contribution in [2.24, 2.45) is 5.73 Å². The van der Waals surface area contributed by atoms with Gasteiger partial charge in [0.2, 0.25) is 0 Å². The molecule has 0 fully saturated rings. The molecule has 2 heterocycles. The van der Waals surface area contributed by atoms with Crippen molar-refractivity contribution in [2.75, 3.05) is 0 Å². The lowest BCUT2D eigenvalue weighted by Gasteiger charge is -2.05. The molecule has 5 nitrogen and oxygen atoms in total. The molecule has 0 bridgehead atoms. The Balaban J connectivity index is 2.02. The number of imidazole rings is 1. The number of nitrogens with zero attached hydrogens (tertiary/aromatic N) is 3. The number of H-pyrrole nitrogens is 1. The first kappa shape index (κ1) is 9.92. The Morgan fingerprint density at radius 3 is 3.07 bits per heavy atom. The molecule has 0 radical (unpaired) electrons. The molecular weight excluding hydrogens is 190 g/mol. The number of nitrogens with two attached hydrogens (primary N) is 1. The van der Waals surface area contributed by atoms with Crippen LogP contribution in [0.1, 0.15) is 24.4 Å². The molecule has 0 aliphatic rings. The third kappa shape index (κ3) is 2.24. The molecule has 0 saturated carbocycles. The highest BCUT2D eigenvalue weighted by molar-refractivity contribution is 5.09. The molecule has 0 saturated heterocycles. The molecule has 1 atom stereocenters. The lowest BCUT2D eigenvalue weighted by molar-refractivity contribution is 0.654. The topological polar surface area (TPSA) is 72.5 Å². The molecule has 2 aromatic heterocycles. The fourth-order valence-electron chi connectivity index (χ4n) is 1.52. The van der Waals surface area contributed by atoms with Crippen LogP contribution in [0.3, 0.4) is 0 Å². The number of aromatic nitrogens is 4. The van der Waals surface area contributed by atoms with E-state index in [1.54, 1.807) is 12.4 Å². The van der Waals surface area contributed by atoms with E-state index in [-0.39, 0.29) is 6.04 Å². The summed E-state index contributed by atoms with van der Waals surface area (Å²) < 4.78 is 1.89. The fraction of sp³-hybridized carbons (Fsp3) is 0.400. The first-order chi connectivity index (χ1) is 7.29. The zero-order chi connectivity index (χ0) is 10.7. The highest BCUT2D eigenvalue weighted by atomic mass is 15.3. The molecule has 80 valence electrons. The second-order valence-electron chi connectivity index (χ2n) is 3.49. The van der Waals surface area contributed by atoms with Gasteiger partial charge >= 0.3 is 0 Å². The van der Waals surface area contributed by atoms with Gasteiger partial charge in [-0.25, -0.2) is 4.98 Å². The standard InChI is InChI=1S/C10H15N5/c1-2-15-7-8(6-14-15)5-9(11)10-12-3-4-13-10/h3-4,6-7,9H,2,5,11H2,1H3,(H,12,13). The van der Waals surface area contributed by atoms with Gasteiger partial charge in [0.05, 0.1) is 12.2 Å². The van der Waals surface area contributed by atoms with Crippen molar-refractivity contribution in [1.82, 2.24) is 19.7 Å². The number of hydrogen-bond donors (Lipinski definition) is 2. The Bertz CT molecular complexity index is 403. The van der Waals surface area contributed by atoms with E-state index < -0.39 is 0 Å². The van der Waals surface area contributed by atoms with Gasteiger partial charge in [-0.05, 0) is 18.9 Å². The van der Waals surface area contributed by atoms with E-state index in [0.29, 0.717) is 0 Å². The van der Waals surface area contributed by atoms with Gasteiger partial charge in [0.15, 0.2) is 0 Å². The quantitative estimate of drug-likeness (QED) is 0.777. The van der Waals surface area contributed by atoms with Crippen molar-refractivity contribution in [3.05, 3.63) is 36.2 Å². The number of aromatic amines is 1. The third-order valence-electron chi connectivity index (χ3n) is 2.34. The van der Waals surface area contributed by atoms with E-state index in [4.69, 9.17) is 5.73 Å². The number of rotatable bonds is 4. The van der Waals surface area contributed by atoms with Crippen molar-refractivity contribution in [2.45, 2.75) is 25.9 Å². The van der Waals surface area contributed by atoms with Crippen LogP contribution in [0.2, 0.25) is 0 Å². The van der Waals surface area contributed by atoms with E-state index in [1.165, 1.54) is 0 Å². The maximum atomic E-state index is 5.99. The molecule has 1 unspecified atom stereocenters. The van der Waals surface area contributed by atoms with E-state index in [2.05, 4.69) is 22.0 Å². The third-order valence-corrected chi connectivity index (χ3v) is 2.34. The SMILES string of the molecule is CCn1cc(CC(N)c2ncc[nH]2)cn1. The summed E-state index contributed by atoms with van der Waals surface area (Å²) in [4.78, 5) is 7.15. The fourth-order valence-corrected chi connectivity index (χ4v) is 1.52. The van der Waals surface area contributed by atoms with Crippen LogP contribution in [0.15, 0.2) is 24.8 Å². The highest BCUT2D eigenvalue weighted by Crippen LogP contribution is 2.11. The smallest absolute Gasteiger partial charge is 0.123 e. The Morgan fingerprint density at radius 2 is 2.47 bits per heavy atom. The monoisotopic (exact) mass is 205 g/mol. The summed E-state index contributed by atoms with van der Waals surface area (Å²) in [5, 5.41) is 4.20. The minimum Gasteiger partial charge on any atom is -0.347 e. The first-order valence-corrected chi connectivity index (χ1v) is 5.05. The van der Waals surface area contributed by atoms with Crippen LogP contribution in [-0.4, -0.2) is 19.7 Å². The van der Waals surface area contributed by atoms with Crippen LogP contribution in [0.5, 0.6) is 0 Å². The summed E-state index contributed by atoms with van der Waals surface area (Å²) >= 11 is 0. The van der Waals surface area contributed by atoms with Crippen LogP contribution in [-0.2, 0) is 13.0 Å². The second kappa shape index (κ2) is 4.27. The van der Waals surface area contributed by atoms with Crippen molar-refractivity contribution >= 4 is 0 Å². The normalized spacial score (nSPS) is 12.9. The molecule has 0 aliphatic carbocycles. The summed E-state index contributed by atoms with van der Waals surface area (Å²) in [5.41, 5.74) is 7.13. The van der Waals surface area contributed by atoms with Gasteiger partial charge in [0, 0.05) is 25.1 Å². The van der Waals surface area contributed by atoms with Crippen LogP contribution in [0.4, 0.5) is 0 Å². The van der Waals surface area contributed by atoms with Gasteiger partial charge in [-0.2, -0.15) is 5.10 Å². The lowest BCUT2D eigenvalue weighted by Crippen LogP contribution is -2.14. The van der Waals surface area contributed by atoms with Crippen LogP contribution in [0.25, 0.3) is 0 Å². The summed E-state index contributed by atoms with van der Waals surface area (Å²) in [6.07, 6.45) is 8.12. The van der Waals surface area contributed by atoms with E-state index in [0.717, 1.165) is 24.4 Å². The molecular formula is C10H15N5. The van der Waals surface area contributed by atoms with E-state index in [1.807, 2.05) is 17.1 Å². The molecule has 2 rings (SSSR count). The minimum atomic E-state index is -0.0884. The van der Waals surface area contributed by atoms with Crippen molar-refractivity contribution in [3.8, 4) is 0 Å². The van der Waals surface area contributed by atoms with Gasteiger partial charge in [0.1, 0.15) is 5.82 Å². The number of aryl methyl sites for hydroxylation is 1. The number of nitrogens with one attached hydrogen (secondary N) is 1. The van der Waals surface area contributed by atoms with Crippen molar-refractivity contribution in [1.29, 1.82) is 0 Å². The maximum absolute atomic E-state index is 5.99. The summed E-state index contributed by atoms with van der Waals surface area (Å²) in [6, 6.07) is -0.0884. The lowest BCUT2D eigenvalue weighted by atomic mass is 10.1. The second-order valence-corrected chi connectivity index (χ2v) is 3.49. The molecule has 15 heavy (non-hydrogen) atoms. The Kier molecular flexibility index (Phi) is 2.82. The van der Waals surface area contributed by atoms with Gasteiger partial charge < -0.3 is 10.7 Å². The van der Waals surface area contributed by atoms with Gasteiger partial charge in [-0.3, -0.25) is 4.68 Å². The zero-order valence-electron chi connectivity index (χ0n) is 8.72. The average molecular weight is 205 g/mol. The predicted octanol–water partition coefficient (Wildman–Crippen LogP) is 0.869. The molecule has 0 amide bonds. The van der Waals surface area contributed by atoms with Crippen LogP contribution in [0, 0.1) is 0 Å². The van der Waals surface area contributed by atoms with E-state index in [9.17, 15) is 0 Å². The van der Waals surface area contributed by atoms with E-state index >= 15 is 0 Å². The molecule has 3 N–H and O–H groups in total. The molecule has 5 heteroatoms. The molecule has 0 spiro atoms. The first-order valence-electron chi connectivity index (χ1n) is 5.05. The van der Waals surface area contributed by atoms with Gasteiger partial charge in [-0.15, -0.1) is 0 Å². The Labute approximate surface area is 88.3 Å². The highest BCUT2D eigenvalue weighted by Gasteiger charge is 2.10. The van der Waals surface area contributed by atoms with Crippen molar-refractivity contribution in [3.63, 3.8) is 0 Å². The Hall–Kier alpha value is -1.62. The number of hydrogen-bond acceptors (Lipinski definition) is 3.